The molecule has 1 fully saturated rings. The molecule has 1 aromatic rings. The number of ether oxygens (including phenoxy) is 1. The fourth-order valence-corrected chi connectivity index (χ4v) is 2.91. The van der Waals surface area contributed by atoms with Crippen LogP contribution in [0.25, 0.3) is 0 Å². The second-order valence-corrected chi connectivity index (χ2v) is 7.68. The number of nitrogens with zero attached hydrogens (tertiary/aromatic N) is 3. The van der Waals surface area contributed by atoms with Crippen LogP contribution in [0.15, 0.2) is 29.3 Å². The van der Waals surface area contributed by atoms with E-state index in [1.54, 1.807) is 6.07 Å². The minimum absolute atomic E-state index is 0.0171. The molecule has 0 aliphatic carbocycles. The zero-order valence-electron chi connectivity index (χ0n) is 16.9. The van der Waals surface area contributed by atoms with Gasteiger partial charge in [0.15, 0.2) is 5.96 Å². The molecular weight excluding hydrogens is 362 g/mol. The van der Waals surface area contributed by atoms with Crippen molar-refractivity contribution in [2.24, 2.45) is 4.99 Å². The third-order valence-corrected chi connectivity index (χ3v) is 4.08. The van der Waals surface area contributed by atoms with Crippen LogP contribution in [0, 0.1) is 10.1 Å². The van der Waals surface area contributed by atoms with E-state index >= 15 is 0 Å². The van der Waals surface area contributed by atoms with E-state index in [4.69, 9.17) is 4.74 Å². The Labute approximate surface area is 165 Å². The van der Waals surface area contributed by atoms with Crippen molar-refractivity contribution in [3.63, 3.8) is 0 Å². The Morgan fingerprint density at radius 2 is 2.18 bits per heavy atom. The van der Waals surface area contributed by atoms with Gasteiger partial charge in [0.05, 0.1) is 17.5 Å². The monoisotopic (exact) mass is 391 g/mol. The van der Waals surface area contributed by atoms with Crippen LogP contribution in [0.1, 0.15) is 39.7 Å². The van der Waals surface area contributed by atoms with Crippen molar-refractivity contribution >= 4 is 17.7 Å². The average Bonchev–Trinajstić information content (AvgIpc) is 3.05. The van der Waals surface area contributed by atoms with Crippen LogP contribution < -0.4 is 10.6 Å². The second-order valence-electron chi connectivity index (χ2n) is 7.68. The second kappa shape index (κ2) is 9.38. The third-order valence-electron chi connectivity index (χ3n) is 4.08. The van der Waals surface area contributed by atoms with E-state index in [0.717, 1.165) is 24.5 Å². The Bertz CT molecular complexity index is 729. The van der Waals surface area contributed by atoms with Gasteiger partial charge in [0, 0.05) is 31.8 Å². The van der Waals surface area contributed by atoms with E-state index in [2.05, 4.69) is 20.5 Å². The summed E-state index contributed by atoms with van der Waals surface area (Å²) in [4.78, 5) is 29.1. The van der Waals surface area contributed by atoms with Gasteiger partial charge in [-0.3, -0.25) is 10.1 Å². The van der Waals surface area contributed by atoms with Crippen LogP contribution in [0.5, 0.6) is 0 Å². The SMILES string of the molecule is CCNC(=NCc1cccc([N+](=O)[O-])c1)N1CCC(NC(=O)OC(C)(C)C)C1. The lowest BCUT2D eigenvalue weighted by Crippen LogP contribution is -2.44. The first-order chi connectivity index (χ1) is 13.2. The summed E-state index contributed by atoms with van der Waals surface area (Å²) in [6.45, 7) is 9.89. The van der Waals surface area contributed by atoms with E-state index in [1.807, 2.05) is 33.8 Å². The summed E-state index contributed by atoms with van der Waals surface area (Å²) in [5.74, 6) is 0.725. The van der Waals surface area contributed by atoms with Gasteiger partial charge in [0.2, 0.25) is 0 Å². The van der Waals surface area contributed by atoms with E-state index in [-0.39, 0.29) is 11.7 Å². The summed E-state index contributed by atoms with van der Waals surface area (Å²) in [5.41, 5.74) is 0.296. The van der Waals surface area contributed by atoms with E-state index in [0.29, 0.717) is 19.6 Å². The van der Waals surface area contributed by atoms with Gasteiger partial charge in [-0.15, -0.1) is 0 Å². The number of guanidine groups is 1. The third kappa shape index (κ3) is 6.71. The molecule has 1 atom stereocenters. The number of rotatable bonds is 5. The molecule has 0 radical (unpaired) electrons. The average molecular weight is 391 g/mol. The summed E-state index contributed by atoms with van der Waals surface area (Å²) in [5, 5.41) is 17.1. The molecule has 0 spiro atoms. The number of carbonyl (C=O) groups excluding carboxylic acids is 1. The number of alkyl carbamates (subject to hydrolysis) is 1. The largest absolute Gasteiger partial charge is 0.444 e. The zero-order valence-corrected chi connectivity index (χ0v) is 16.9. The molecule has 9 heteroatoms. The molecule has 0 bridgehead atoms. The lowest BCUT2D eigenvalue weighted by atomic mass is 10.2. The number of benzene rings is 1. The highest BCUT2D eigenvalue weighted by Gasteiger charge is 2.27. The van der Waals surface area contributed by atoms with Crippen molar-refractivity contribution in [2.75, 3.05) is 19.6 Å². The number of hydrogen-bond acceptors (Lipinski definition) is 5. The Hall–Kier alpha value is -2.84. The van der Waals surface area contributed by atoms with Crippen LogP contribution in [0.4, 0.5) is 10.5 Å². The first-order valence-electron chi connectivity index (χ1n) is 9.44. The van der Waals surface area contributed by atoms with Gasteiger partial charge >= 0.3 is 6.09 Å². The maximum atomic E-state index is 12.0. The van der Waals surface area contributed by atoms with Crippen LogP contribution in [-0.2, 0) is 11.3 Å². The molecule has 0 aromatic heterocycles. The minimum Gasteiger partial charge on any atom is -0.444 e. The molecule has 28 heavy (non-hydrogen) atoms. The van der Waals surface area contributed by atoms with Crippen molar-refractivity contribution in [2.45, 2.75) is 52.3 Å². The molecule has 1 heterocycles. The van der Waals surface area contributed by atoms with Crippen molar-refractivity contribution in [1.29, 1.82) is 0 Å². The normalized spacial score (nSPS) is 17.4. The van der Waals surface area contributed by atoms with Gasteiger partial charge in [-0.1, -0.05) is 12.1 Å². The van der Waals surface area contributed by atoms with Crippen LogP contribution >= 0.6 is 0 Å². The molecular formula is C19H29N5O4. The first-order valence-corrected chi connectivity index (χ1v) is 9.44. The van der Waals surface area contributed by atoms with Crippen molar-refractivity contribution in [1.82, 2.24) is 15.5 Å². The number of hydrogen-bond donors (Lipinski definition) is 2. The highest BCUT2D eigenvalue weighted by Crippen LogP contribution is 2.15. The summed E-state index contributed by atoms with van der Waals surface area (Å²) >= 11 is 0. The van der Waals surface area contributed by atoms with Crippen LogP contribution in [0.3, 0.4) is 0 Å². The summed E-state index contributed by atoms with van der Waals surface area (Å²) < 4.78 is 5.31. The number of likely N-dealkylation sites (tertiary alicyclic amines) is 1. The van der Waals surface area contributed by atoms with Crippen LogP contribution in [0.2, 0.25) is 0 Å². The van der Waals surface area contributed by atoms with E-state index < -0.39 is 16.6 Å². The van der Waals surface area contributed by atoms with Gasteiger partial charge in [-0.05, 0) is 39.7 Å². The molecule has 2 rings (SSSR count). The quantitative estimate of drug-likeness (QED) is 0.346. The topological polar surface area (TPSA) is 109 Å². The maximum absolute atomic E-state index is 12.0. The highest BCUT2D eigenvalue weighted by molar-refractivity contribution is 5.80. The zero-order chi connectivity index (χ0) is 20.7. The van der Waals surface area contributed by atoms with E-state index in [9.17, 15) is 14.9 Å². The fraction of sp³-hybridized carbons (Fsp3) is 0.579. The number of non-ortho nitro benzene ring substituents is 1. The highest BCUT2D eigenvalue weighted by atomic mass is 16.6. The predicted octanol–water partition coefficient (Wildman–Crippen LogP) is 2.66. The van der Waals surface area contributed by atoms with Gasteiger partial charge in [-0.25, -0.2) is 9.79 Å². The molecule has 1 aliphatic rings. The van der Waals surface area contributed by atoms with Gasteiger partial charge < -0.3 is 20.3 Å². The number of nitrogens with one attached hydrogen (secondary N) is 2. The molecule has 1 amide bonds. The summed E-state index contributed by atoms with van der Waals surface area (Å²) in [6, 6.07) is 6.45. The summed E-state index contributed by atoms with van der Waals surface area (Å²) in [6.07, 6.45) is 0.374. The maximum Gasteiger partial charge on any atom is 0.407 e. The predicted molar refractivity (Wildman–Crippen MR) is 107 cm³/mol. The molecule has 1 aromatic carbocycles. The number of nitro benzene ring substituents is 1. The fourth-order valence-electron chi connectivity index (χ4n) is 2.91. The molecule has 2 N–H and O–H groups in total. The summed E-state index contributed by atoms with van der Waals surface area (Å²) in [7, 11) is 0. The van der Waals surface area contributed by atoms with Gasteiger partial charge in [-0.2, -0.15) is 0 Å². The molecule has 1 unspecified atom stereocenters. The van der Waals surface area contributed by atoms with Gasteiger partial charge in [0.1, 0.15) is 5.60 Å². The number of nitro groups is 1. The Morgan fingerprint density at radius 1 is 1.43 bits per heavy atom. The Balaban J connectivity index is 1.98. The molecule has 0 saturated carbocycles. The van der Waals surface area contributed by atoms with Gasteiger partial charge in [0.25, 0.3) is 5.69 Å². The van der Waals surface area contributed by atoms with Crippen molar-refractivity contribution in [3.8, 4) is 0 Å². The smallest absolute Gasteiger partial charge is 0.407 e. The number of carbonyl (C=O) groups is 1. The van der Waals surface area contributed by atoms with Crippen molar-refractivity contribution in [3.05, 3.63) is 39.9 Å². The minimum atomic E-state index is -0.531. The Morgan fingerprint density at radius 3 is 2.82 bits per heavy atom. The van der Waals surface area contributed by atoms with Crippen LogP contribution in [-0.4, -0.2) is 53.2 Å². The van der Waals surface area contributed by atoms with E-state index in [1.165, 1.54) is 12.1 Å². The molecule has 154 valence electrons. The number of aliphatic imine (C=N–C) groups is 1. The molecule has 9 nitrogen and oxygen atoms in total. The lowest BCUT2D eigenvalue weighted by molar-refractivity contribution is -0.384. The van der Waals surface area contributed by atoms with Crippen molar-refractivity contribution < 1.29 is 14.5 Å². The Kier molecular flexibility index (Phi) is 7.19. The standard InChI is InChI=1S/C19H29N5O4/c1-5-20-17(21-12-14-7-6-8-16(11-14)24(26)27)23-10-9-15(13-23)22-18(25)28-19(2,3)4/h6-8,11,15H,5,9-10,12-13H2,1-4H3,(H,20,21)(H,22,25). The lowest BCUT2D eigenvalue weighted by Gasteiger charge is -2.23. The molecule has 1 aliphatic heterocycles. The molecule has 1 saturated heterocycles. The number of amides is 1. The first kappa shape index (κ1) is 21.5.